The number of carbonyl (C=O) groups is 2. The minimum atomic E-state index is -3.33. The van der Waals surface area contributed by atoms with Gasteiger partial charge < -0.3 is 16.2 Å². The molecule has 64 valence electrons. The Balaban J connectivity index is 5.51. The zero-order valence-corrected chi connectivity index (χ0v) is 5.88. The minimum Gasteiger partial charge on any atom is -0.468 e. The number of nitrogens with two attached hydrogens (primary N) is 2. The number of rotatable bonds is 4. The van der Waals surface area contributed by atoms with Crippen molar-refractivity contribution in [2.75, 3.05) is 7.11 Å². The highest BCUT2D eigenvalue weighted by atomic mass is 16.5. The Labute approximate surface area is 71.7 Å². The largest absolute Gasteiger partial charge is 0.468 e. The first-order valence-corrected chi connectivity index (χ1v) is 2.60. The van der Waals surface area contributed by atoms with Gasteiger partial charge in [-0.05, 0) is 6.37 Å². The summed E-state index contributed by atoms with van der Waals surface area (Å²) in [6, 6.07) is -3.08. The standard InChI is InChI=1S/C6H12N2O3/c1-11-6(10)4(7)2-3-5(8)9/h4H,2-3,7H2,1H3,(H2,8,9)/i2D2,3D2,4D. The number of ether oxygens (including phenoxy) is 1. The van der Waals surface area contributed by atoms with Crippen LogP contribution in [-0.4, -0.2) is 25.0 Å². The molecule has 0 heterocycles. The summed E-state index contributed by atoms with van der Waals surface area (Å²) in [6.07, 6.45) is -6.61. The van der Waals surface area contributed by atoms with Gasteiger partial charge in [-0.25, -0.2) is 0 Å². The van der Waals surface area contributed by atoms with Crippen LogP contribution in [0.25, 0.3) is 0 Å². The average Bonchev–Trinajstić information content (AvgIpc) is 2.15. The zero-order chi connectivity index (χ0) is 13.4. The maximum atomic E-state index is 11.1. The van der Waals surface area contributed by atoms with Gasteiger partial charge >= 0.3 is 5.97 Å². The second kappa shape index (κ2) is 4.68. The van der Waals surface area contributed by atoms with Crippen LogP contribution < -0.4 is 11.5 Å². The number of hydrogen-bond acceptors (Lipinski definition) is 4. The maximum Gasteiger partial charge on any atom is 0.322 e. The molecular weight excluding hydrogens is 148 g/mol. The molecule has 0 fully saturated rings. The molecule has 0 aliphatic carbocycles. The van der Waals surface area contributed by atoms with Gasteiger partial charge in [-0.1, -0.05) is 0 Å². The van der Waals surface area contributed by atoms with Crippen LogP contribution in [-0.2, 0) is 14.3 Å². The van der Waals surface area contributed by atoms with Crippen LogP contribution in [0.2, 0.25) is 0 Å². The predicted octanol–water partition coefficient (Wildman–Crippen LogP) is -1.25. The molecule has 0 spiro atoms. The van der Waals surface area contributed by atoms with Crippen molar-refractivity contribution in [1.82, 2.24) is 0 Å². The first-order valence-electron chi connectivity index (χ1n) is 5.10. The lowest BCUT2D eigenvalue weighted by molar-refractivity contribution is -0.142. The van der Waals surface area contributed by atoms with Crippen molar-refractivity contribution < 1.29 is 21.2 Å². The van der Waals surface area contributed by atoms with Crippen LogP contribution in [0.15, 0.2) is 0 Å². The van der Waals surface area contributed by atoms with Gasteiger partial charge in [0.15, 0.2) is 0 Å². The van der Waals surface area contributed by atoms with Crippen LogP contribution in [0, 0.1) is 0 Å². The molecule has 4 N–H and O–H groups in total. The van der Waals surface area contributed by atoms with Crippen molar-refractivity contribution in [3.8, 4) is 0 Å². The second-order valence-corrected chi connectivity index (χ2v) is 1.52. The zero-order valence-electron chi connectivity index (χ0n) is 10.9. The smallest absolute Gasteiger partial charge is 0.322 e. The molecule has 0 aromatic heterocycles. The van der Waals surface area contributed by atoms with Crippen LogP contribution in [0.3, 0.4) is 0 Å². The van der Waals surface area contributed by atoms with Crippen LogP contribution >= 0.6 is 0 Å². The molecule has 0 aliphatic rings. The molecule has 1 amide bonds. The summed E-state index contributed by atoms with van der Waals surface area (Å²) in [5.74, 6) is -3.17. The number of primary amides is 1. The van der Waals surface area contributed by atoms with E-state index in [-0.39, 0.29) is 0 Å². The molecule has 0 aromatic carbocycles. The summed E-state index contributed by atoms with van der Waals surface area (Å²) in [6.45, 7) is 0. The van der Waals surface area contributed by atoms with Crippen molar-refractivity contribution in [3.63, 3.8) is 0 Å². The minimum absolute atomic E-state index is 0.856. The highest BCUT2D eigenvalue weighted by molar-refractivity contribution is 5.78. The van der Waals surface area contributed by atoms with Crippen molar-refractivity contribution in [1.29, 1.82) is 0 Å². The van der Waals surface area contributed by atoms with Gasteiger partial charge in [0, 0.05) is 11.9 Å². The fourth-order valence-corrected chi connectivity index (χ4v) is 0.290. The maximum absolute atomic E-state index is 11.1. The van der Waals surface area contributed by atoms with E-state index in [2.05, 4.69) is 10.5 Å². The Bertz CT molecular complexity index is 317. The quantitative estimate of drug-likeness (QED) is 0.509. The molecule has 1 atom stereocenters. The van der Waals surface area contributed by atoms with Gasteiger partial charge in [0.25, 0.3) is 0 Å². The number of carbonyl (C=O) groups excluding carboxylic acids is 2. The van der Waals surface area contributed by atoms with Gasteiger partial charge in [0.2, 0.25) is 5.91 Å². The van der Waals surface area contributed by atoms with Crippen molar-refractivity contribution >= 4 is 11.9 Å². The van der Waals surface area contributed by atoms with Gasteiger partial charge in [-0.15, -0.1) is 0 Å². The van der Waals surface area contributed by atoms with E-state index in [1.54, 1.807) is 0 Å². The SMILES string of the molecule is [2H]C([2H])(C(N)=O)C([2H])([2H])C([2H])(N)C(=O)OC. The van der Waals surface area contributed by atoms with E-state index in [0.717, 1.165) is 7.11 Å². The molecule has 0 bridgehead atoms. The van der Waals surface area contributed by atoms with E-state index >= 15 is 0 Å². The predicted molar refractivity (Wildman–Crippen MR) is 38.4 cm³/mol. The molecule has 0 aliphatic heterocycles. The summed E-state index contributed by atoms with van der Waals surface area (Å²) in [4.78, 5) is 21.8. The molecular formula is C6H12N2O3. The van der Waals surface area contributed by atoms with E-state index in [9.17, 15) is 9.59 Å². The average molecular weight is 165 g/mol. The molecule has 0 rings (SSSR count). The van der Waals surface area contributed by atoms with Gasteiger partial charge in [0.05, 0.1) is 8.48 Å². The summed E-state index contributed by atoms with van der Waals surface area (Å²) in [5, 5.41) is 0. The third-order valence-electron chi connectivity index (χ3n) is 0.726. The Morgan fingerprint density at radius 2 is 2.36 bits per heavy atom. The third kappa shape index (κ3) is 4.32. The Morgan fingerprint density at radius 3 is 2.73 bits per heavy atom. The van der Waals surface area contributed by atoms with Gasteiger partial charge in [-0.2, -0.15) is 0 Å². The fraction of sp³-hybridized carbons (Fsp3) is 0.667. The Hall–Kier alpha value is -1.10. The lowest BCUT2D eigenvalue weighted by atomic mass is 10.2. The second-order valence-electron chi connectivity index (χ2n) is 1.52. The first-order chi connectivity index (χ1) is 6.92. The van der Waals surface area contributed by atoms with Crippen molar-refractivity contribution in [2.24, 2.45) is 11.5 Å². The highest BCUT2D eigenvalue weighted by Crippen LogP contribution is 1.94. The van der Waals surface area contributed by atoms with Crippen LogP contribution in [0.5, 0.6) is 0 Å². The number of esters is 1. The monoisotopic (exact) mass is 165 g/mol. The molecule has 0 radical (unpaired) electrons. The normalized spacial score (nSPS) is 24.4. The lowest BCUT2D eigenvalue weighted by Crippen LogP contribution is -2.32. The van der Waals surface area contributed by atoms with E-state index in [1.165, 1.54) is 0 Å². The van der Waals surface area contributed by atoms with E-state index in [0.29, 0.717) is 0 Å². The third-order valence-corrected chi connectivity index (χ3v) is 0.726. The molecule has 1 unspecified atom stereocenters. The topological polar surface area (TPSA) is 95.4 Å². The summed E-state index contributed by atoms with van der Waals surface area (Å²) < 4.78 is 40.1. The van der Waals surface area contributed by atoms with Crippen LogP contribution in [0.4, 0.5) is 0 Å². The highest BCUT2D eigenvalue weighted by Gasteiger charge is 2.13. The van der Waals surface area contributed by atoms with E-state index in [1.807, 2.05) is 0 Å². The first kappa shape index (κ1) is 4.06. The van der Waals surface area contributed by atoms with Crippen LogP contribution in [0.1, 0.15) is 19.6 Å². The lowest BCUT2D eigenvalue weighted by Gasteiger charge is -2.06. The molecule has 11 heavy (non-hydrogen) atoms. The van der Waals surface area contributed by atoms with Gasteiger partial charge in [-0.3, -0.25) is 9.59 Å². The number of amides is 1. The Kier molecular flexibility index (Phi) is 1.72. The number of hydrogen-bond donors (Lipinski definition) is 2. The molecule has 5 heteroatoms. The summed E-state index contributed by atoms with van der Waals surface area (Å²) in [5.41, 5.74) is 9.69. The van der Waals surface area contributed by atoms with E-state index < -0.39 is 30.6 Å². The molecule has 0 saturated carbocycles. The van der Waals surface area contributed by atoms with E-state index in [4.69, 9.17) is 12.6 Å². The Morgan fingerprint density at radius 1 is 1.82 bits per heavy atom. The molecule has 5 nitrogen and oxygen atoms in total. The molecule has 0 aromatic rings. The number of methoxy groups -OCH3 is 1. The fourth-order valence-electron chi connectivity index (χ4n) is 0.290. The van der Waals surface area contributed by atoms with Gasteiger partial charge in [0.1, 0.15) is 6.02 Å². The molecule has 0 saturated heterocycles. The van der Waals surface area contributed by atoms with Crippen molar-refractivity contribution in [3.05, 3.63) is 0 Å². The summed E-state index contributed by atoms with van der Waals surface area (Å²) >= 11 is 0. The summed E-state index contributed by atoms with van der Waals surface area (Å²) in [7, 11) is 0.856. The van der Waals surface area contributed by atoms with Crippen molar-refractivity contribution in [2.45, 2.75) is 18.8 Å².